The van der Waals surface area contributed by atoms with Crippen LogP contribution in [0.3, 0.4) is 0 Å². The number of carbonyl (C=O) groups is 1. The van der Waals surface area contributed by atoms with E-state index in [9.17, 15) is 4.79 Å². The number of likely N-dealkylation sites (N-methyl/N-ethyl adjacent to an activating group) is 1. The minimum absolute atomic E-state index is 0.289. The fraction of sp³-hybridized carbons (Fsp3) is 0.929. The topological polar surface area (TPSA) is 73.6 Å². The molecule has 0 aliphatic carbocycles. The summed E-state index contributed by atoms with van der Waals surface area (Å²) in [5.41, 5.74) is 4.82. The highest BCUT2D eigenvalue weighted by atomic mass is 16.5. The van der Waals surface area contributed by atoms with Gasteiger partial charge in [0.2, 0.25) is 5.91 Å². The molecule has 0 rings (SSSR count). The van der Waals surface area contributed by atoms with Crippen LogP contribution in [0.2, 0.25) is 0 Å². The Balaban J connectivity index is 3.53. The van der Waals surface area contributed by atoms with Gasteiger partial charge in [0.1, 0.15) is 0 Å². The molecule has 5 heteroatoms. The summed E-state index contributed by atoms with van der Waals surface area (Å²) < 4.78 is 10.8. The van der Waals surface area contributed by atoms with Crippen molar-refractivity contribution in [2.24, 2.45) is 5.73 Å². The van der Waals surface area contributed by atoms with Crippen LogP contribution >= 0.6 is 0 Å². The van der Waals surface area contributed by atoms with Crippen molar-refractivity contribution in [1.29, 1.82) is 0 Å². The monoisotopic (exact) mass is 274 g/mol. The predicted molar refractivity (Wildman–Crippen MR) is 77.1 cm³/mol. The summed E-state index contributed by atoms with van der Waals surface area (Å²) in [6.45, 7) is 9.45. The van der Waals surface area contributed by atoms with Gasteiger partial charge in [-0.3, -0.25) is 4.79 Å². The number of rotatable bonds is 13. The Morgan fingerprint density at radius 2 is 1.74 bits per heavy atom. The molecule has 0 aliphatic heterocycles. The minimum atomic E-state index is -0.598. The molecule has 0 aromatic carbocycles. The third kappa shape index (κ3) is 8.97. The highest BCUT2D eigenvalue weighted by Gasteiger charge is 2.28. The number of carbonyl (C=O) groups excluding carboxylic acids is 1. The molecular formula is C14H30N2O3. The van der Waals surface area contributed by atoms with E-state index in [1.165, 1.54) is 0 Å². The highest BCUT2D eigenvalue weighted by molar-refractivity contribution is 5.84. The Morgan fingerprint density at radius 1 is 1.11 bits per heavy atom. The number of primary amides is 1. The summed E-state index contributed by atoms with van der Waals surface area (Å²) in [4.78, 5) is 11.4. The molecule has 0 aromatic heterocycles. The molecule has 3 N–H and O–H groups in total. The van der Waals surface area contributed by atoms with Gasteiger partial charge in [0.05, 0.1) is 18.8 Å². The van der Waals surface area contributed by atoms with Gasteiger partial charge in [0.25, 0.3) is 0 Å². The minimum Gasteiger partial charge on any atom is -0.379 e. The van der Waals surface area contributed by atoms with Gasteiger partial charge in [0, 0.05) is 13.2 Å². The molecule has 0 radical (unpaired) electrons. The summed E-state index contributed by atoms with van der Waals surface area (Å²) in [6.07, 6.45) is 3.63. The smallest absolute Gasteiger partial charge is 0.237 e. The molecule has 0 saturated heterocycles. The molecular weight excluding hydrogens is 244 g/mol. The highest BCUT2D eigenvalue weighted by Crippen LogP contribution is 2.13. The average molecular weight is 274 g/mol. The van der Waals surface area contributed by atoms with Crippen LogP contribution in [0, 0.1) is 0 Å². The first-order valence-electron chi connectivity index (χ1n) is 7.27. The van der Waals surface area contributed by atoms with E-state index in [0.29, 0.717) is 19.8 Å². The second-order valence-electron chi connectivity index (χ2n) is 4.91. The van der Waals surface area contributed by atoms with Gasteiger partial charge >= 0.3 is 0 Å². The Kier molecular flexibility index (Phi) is 10.8. The predicted octanol–water partition coefficient (Wildman–Crippen LogP) is 1.45. The fourth-order valence-corrected chi connectivity index (χ4v) is 1.84. The van der Waals surface area contributed by atoms with E-state index in [1.54, 1.807) is 0 Å². The number of nitrogens with one attached hydrogen (secondary N) is 1. The number of nitrogens with two attached hydrogens (primary N) is 1. The van der Waals surface area contributed by atoms with E-state index in [0.717, 1.165) is 38.8 Å². The first kappa shape index (κ1) is 18.4. The van der Waals surface area contributed by atoms with Gasteiger partial charge in [-0.25, -0.2) is 0 Å². The maximum atomic E-state index is 11.4. The summed E-state index contributed by atoms with van der Waals surface area (Å²) in [5.74, 6) is -0.289. The van der Waals surface area contributed by atoms with Crippen molar-refractivity contribution in [1.82, 2.24) is 5.32 Å². The number of ether oxygens (including phenoxy) is 2. The average Bonchev–Trinajstić information content (AvgIpc) is 2.37. The zero-order chi connectivity index (χ0) is 14.6. The normalized spacial score (nSPS) is 14.3. The SMILES string of the molecule is CCCOCCOCCCCC(C)(NCC)C(N)=O. The maximum absolute atomic E-state index is 11.4. The van der Waals surface area contributed by atoms with E-state index < -0.39 is 5.54 Å². The zero-order valence-electron chi connectivity index (χ0n) is 12.7. The molecule has 0 bridgehead atoms. The Bertz CT molecular complexity index is 237. The second-order valence-corrected chi connectivity index (χ2v) is 4.91. The molecule has 114 valence electrons. The van der Waals surface area contributed by atoms with Crippen molar-refractivity contribution in [3.8, 4) is 0 Å². The molecule has 0 aliphatic rings. The third-order valence-electron chi connectivity index (χ3n) is 3.05. The quantitative estimate of drug-likeness (QED) is 0.499. The molecule has 0 aromatic rings. The Morgan fingerprint density at radius 3 is 2.26 bits per heavy atom. The van der Waals surface area contributed by atoms with Crippen molar-refractivity contribution >= 4 is 5.91 Å². The molecule has 1 unspecified atom stereocenters. The van der Waals surface area contributed by atoms with Gasteiger partial charge < -0.3 is 20.5 Å². The molecule has 0 heterocycles. The van der Waals surface area contributed by atoms with Crippen molar-refractivity contribution in [3.63, 3.8) is 0 Å². The largest absolute Gasteiger partial charge is 0.379 e. The van der Waals surface area contributed by atoms with Crippen LogP contribution in [0.25, 0.3) is 0 Å². The lowest BCUT2D eigenvalue weighted by Gasteiger charge is -2.26. The van der Waals surface area contributed by atoms with Crippen molar-refractivity contribution in [2.45, 2.75) is 52.0 Å². The molecule has 1 amide bonds. The number of unbranched alkanes of at least 4 members (excludes halogenated alkanes) is 1. The van der Waals surface area contributed by atoms with E-state index in [2.05, 4.69) is 12.2 Å². The van der Waals surface area contributed by atoms with Crippen LogP contribution in [0.5, 0.6) is 0 Å². The Hall–Kier alpha value is -0.650. The summed E-state index contributed by atoms with van der Waals surface area (Å²) >= 11 is 0. The van der Waals surface area contributed by atoms with Crippen molar-refractivity contribution in [2.75, 3.05) is 33.0 Å². The Labute approximate surface area is 117 Å². The van der Waals surface area contributed by atoms with Gasteiger partial charge in [-0.2, -0.15) is 0 Å². The molecule has 0 fully saturated rings. The van der Waals surface area contributed by atoms with Crippen LogP contribution in [-0.2, 0) is 14.3 Å². The number of amides is 1. The maximum Gasteiger partial charge on any atom is 0.237 e. The standard InChI is InChI=1S/C14H30N2O3/c1-4-9-18-11-12-19-10-7-6-8-14(3,13(15)17)16-5-2/h16H,4-12H2,1-3H3,(H2,15,17). The fourth-order valence-electron chi connectivity index (χ4n) is 1.84. The first-order valence-corrected chi connectivity index (χ1v) is 7.27. The van der Waals surface area contributed by atoms with Crippen LogP contribution < -0.4 is 11.1 Å². The summed E-state index contributed by atoms with van der Waals surface area (Å²) in [6, 6.07) is 0. The van der Waals surface area contributed by atoms with Gasteiger partial charge in [0.15, 0.2) is 0 Å². The molecule has 0 spiro atoms. The molecule has 19 heavy (non-hydrogen) atoms. The third-order valence-corrected chi connectivity index (χ3v) is 3.05. The van der Waals surface area contributed by atoms with Crippen molar-refractivity contribution < 1.29 is 14.3 Å². The zero-order valence-corrected chi connectivity index (χ0v) is 12.7. The van der Waals surface area contributed by atoms with Crippen LogP contribution in [0.1, 0.15) is 46.5 Å². The second kappa shape index (κ2) is 11.2. The van der Waals surface area contributed by atoms with E-state index in [1.807, 2.05) is 13.8 Å². The van der Waals surface area contributed by atoms with E-state index in [-0.39, 0.29) is 5.91 Å². The van der Waals surface area contributed by atoms with Gasteiger partial charge in [-0.05, 0) is 39.2 Å². The van der Waals surface area contributed by atoms with E-state index >= 15 is 0 Å². The van der Waals surface area contributed by atoms with Crippen LogP contribution in [0.4, 0.5) is 0 Å². The van der Waals surface area contributed by atoms with E-state index in [4.69, 9.17) is 15.2 Å². The lowest BCUT2D eigenvalue weighted by Crippen LogP contribution is -2.52. The molecule has 0 saturated carbocycles. The lowest BCUT2D eigenvalue weighted by molar-refractivity contribution is -0.124. The summed E-state index contributed by atoms with van der Waals surface area (Å²) in [7, 11) is 0. The van der Waals surface area contributed by atoms with Crippen LogP contribution in [0.15, 0.2) is 0 Å². The number of hydrogen-bond donors (Lipinski definition) is 2. The van der Waals surface area contributed by atoms with Gasteiger partial charge in [-0.1, -0.05) is 13.8 Å². The summed E-state index contributed by atoms with van der Waals surface area (Å²) in [5, 5.41) is 3.15. The molecule has 5 nitrogen and oxygen atoms in total. The number of hydrogen-bond acceptors (Lipinski definition) is 4. The molecule has 1 atom stereocenters. The van der Waals surface area contributed by atoms with Gasteiger partial charge in [-0.15, -0.1) is 0 Å². The van der Waals surface area contributed by atoms with Crippen LogP contribution in [-0.4, -0.2) is 44.4 Å². The van der Waals surface area contributed by atoms with Crippen molar-refractivity contribution in [3.05, 3.63) is 0 Å². The first-order chi connectivity index (χ1) is 9.06. The lowest BCUT2D eigenvalue weighted by atomic mass is 9.94.